The minimum atomic E-state index is -0.528. The van der Waals surface area contributed by atoms with Crippen molar-refractivity contribution in [1.29, 1.82) is 0 Å². The summed E-state index contributed by atoms with van der Waals surface area (Å²) in [7, 11) is 0. The van der Waals surface area contributed by atoms with Crippen molar-refractivity contribution in [3.63, 3.8) is 0 Å². The van der Waals surface area contributed by atoms with Crippen LogP contribution in [0.2, 0.25) is 5.02 Å². The van der Waals surface area contributed by atoms with E-state index < -0.39 is 11.9 Å². The SMILES string of the molecule is Cc1cc(C)c(NC(=O)COC(=O)c2ccc(C)c(C)c2)c(Cl)c1. The van der Waals surface area contributed by atoms with Gasteiger partial charge in [-0.2, -0.15) is 0 Å². The fourth-order valence-electron chi connectivity index (χ4n) is 2.33. The lowest BCUT2D eigenvalue weighted by Crippen LogP contribution is -2.21. The standard InChI is InChI=1S/C19H20ClNO3/c1-11-7-14(4)18(16(20)8-11)21-17(22)10-24-19(23)15-6-5-12(2)13(3)9-15/h5-9H,10H2,1-4H3,(H,21,22). The van der Waals surface area contributed by atoms with E-state index in [1.165, 1.54) is 0 Å². The Balaban J connectivity index is 1.98. The molecule has 2 rings (SSSR count). The predicted octanol–water partition coefficient (Wildman–Crippen LogP) is 4.37. The number of carbonyl (C=O) groups is 2. The minimum absolute atomic E-state index is 0.366. The Labute approximate surface area is 146 Å². The molecule has 126 valence electrons. The number of aryl methyl sites for hydroxylation is 4. The van der Waals surface area contributed by atoms with E-state index in [0.717, 1.165) is 22.3 Å². The van der Waals surface area contributed by atoms with E-state index in [-0.39, 0.29) is 6.61 Å². The van der Waals surface area contributed by atoms with Crippen LogP contribution in [-0.4, -0.2) is 18.5 Å². The Morgan fingerprint density at radius 3 is 2.33 bits per heavy atom. The molecule has 0 heterocycles. The first-order chi connectivity index (χ1) is 11.3. The average molecular weight is 346 g/mol. The van der Waals surface area contributed by atoms with Crippen LogP contribution in [0.15, 0.2) is 30.3 Å². The van der Waals surface area contributed by atoms with Crippen LogP contribution in [-0.2, 0) is 9.53 Å². The third kappa shape index (κ3) is 4.36. The largest absolute Gasteiger partial charge is 0.452 e. The summed E-state index contributed by atoms with van der Waals surface area (Å²) < 4.78 is 5.07. The Morgan fingerprint density at radius 2 is 1.71 bits per heavy atom. The normalized spacial score (nSPS) is 10.4. The highest BCUT2D eigenvalue weighted by atomic mass is 35.5. The topological polar surface area (TPSA) is 55.4 Å². The van der Waals surface area contributed by atoms with E-state index in [2.05, 4.69) is 5.32 Å². The lowest BCUT2D eigenvalue weighted by molar-refractivity contribution is -0.119. The lowest BCUT2D eigenvalue weighted by Gasteiger charge is -2.12. The van der Waals surface area contributed by atoms with Gasteiger partial charge in [0.1, 0.15) is 0 Å². The molecule has 0 aromatic heterocycles. The number of benzene rings is 2. The molecule has 4 nitrogen and oxygen atoms in total. The number of halogens is 1. The molecule has 0 atom stereocenters. The molecule has 0 aliphatic heterocycles. The highest BCUT2D eigenvalue weighted by Crippen LogP contribution is 2.27. The third-order valence-corrected chi connectivity index (χ3v) is 4.07. The van der Waals surface area contributed by atoms with Crippen LogP contribution in [0.4, 0.5) is 5.69 Å². The van der Waals surface area contributed by atoms with Gasteiger partial charge in [-0.05, 0) is 68.1 Å². The molecule has 1 amide bonds. The van der Waals surface area contributed by atoms with Crippen molar-refractivity contribution in [3.8, 4) is 0 Å². The van der Waals surface area contributed by atoms with Gasteiger partial charge >= 0.3 is 5.97 Å². The zero-order valence-corrected chi connectivity index (χ0v) is 15.0. The van der Waals surface area contributed by atoms with Gasteiger partial charge in [0.15, 0.2) is 6.61 Å². The predicted molar refractivity (Wildman–Crippen MR) is 95.8 cm³/mol. The lowest BCUT2D eigenvalue weighted by atomic mass is 10.1. The fraction of sp³-hybridized carbons (Fsp3) is 0.263. The molecule has 24 heavy (non-hydrogen) atoms. The molecule has 0 saturated carbocycles. The number of amides is 1. The Bertz CT molecular complexity index is 776. The number of hydrogen-bond acceptors (Lipinski definition) is 3. The number of anilines is 1. The first-order valence-electron chi connectivity index (χ1n) is 7.59. The molecule has 0 saturated heterocycles. The maximum Gasteiger partial charge on any atom is 0.338 e. The molecule has 0 aliphatic carbocycles. The summed E-state index contributed by atoms with van der Waals surface area (Å²) in [4.78, 5) is 24.0. The van der Waals surface area contributed by atoms with E-state index >= 15 is 0 Å². The molecule has 0 bridgehead atoms. The quantitative estimate of drug-likeness (QED) is 0.837. The molecule has 2 aromatic rings. The number of esters is 1. The van der Waals surface area contributed by atoms with Gasteiger partial charge in [0, 0.05) is 0 Å². The number of rotatable bonds is 4. The molecular formula is C19H20ClNO3. The second-order valence-corrected chi connectivity index (χ2v) is 6.27. The minimum Gasteiger partial charge on any atom is -0.452 e. The van der Waals surface area contributed by atoms with E-state index in [1.54, 1.807) is 18.2 Å². The van der Waals surface area contributed by atoms with Gasteiger partial charge < -0.3 is 10.1 Å². The van der Waals surface area contributed by atoms with Crippen molar-refractivity contribution in [2.45, 2.75) is 27.7 Å². The number of hydrogen-bond donors (Lipinski definition) is 1. The summed E-state index contributed by atoms with van der Waals surface area (Å²) in [6, 6.07) is 8.97. The third-order valence-electron chi connectivity index (χ3n) is 3.77. The molecule has 0 aliphatic rings. The van der Waals surface area contributed by atoms with Gasteiger partial charge in [0.25, 0.3) is 5.91 Å². The van der Waals surface area contributed by atoms with Crippen LogP contribution >= 0.6 is 11.6 Å². The molecule has 2 aromatic carbocycles. The first-order valence-corrected chi connectivity index (χ1v) is 7.96. The number of nitrogens with one attached hydrogen (secondary N) is 1. The van der Waals surface area contributed by atoms with Crippen LogP contribution in [0.3, 0.4) is 0 Å². The van der Waals surface area contributed by atoms with Gasteiger partial charge in [-0.25, -0.2) is 4.79 Å². The Morgan fingerprint density at radius 1 is 1.00 bits per heavy atom. The maximum absolute atomic E-state index is 12.0. The van der Waals surface area contributed by atoms with E-state index in [4.69, 9.17) is 16.3 Å². The van der Waals surface area contributed by atoms with E-state index in [9.17, 15) is 9.59 Å². The van der Waals surface area contributed by atoms with Crippen LogP contribution in [0.5, 0.6) is 0 Å². The van der Waals surface area contributed by atoms with Crippen molar-refractivity contribution in [2.75, 3.05) is 11.9 Å². The summed E-state index contributed by atoms with van der Waals surface area (Å²) in [5.41, 5.74) is 4.92. The van der Waals surface area contributed by atoms with E-state index in [1.807, 2.05) is 39.8 Å². The van der Waals surface area contributed by atoms with Crippen LogP contribution in [0.25, 0.3) is 0 Å². The van der Waals surface area contributed by atoms with Gasteiger partial charge in [0.05, 0.1) is 16.3 Å². The summed E-state index contributed by atoms with van der Waals surface area (Å²) in [5, 5.41) is 3.14. The maximum atomic E-state index is 12.0. The van der Waals surface area contributed by atoms with Gasteiger partial charge in [-0.15, -0.1) is 0 Å². The fourth-order valence-corrected chi connectivity index (χ4v) is 2.70. The van der Waals surface area contributed by atoms with Gasteiger partial charge in [0.2, 0.25) is 0 Å². The molecule has 0 spiro atoms. The zero-order valence-electron chi connectivity index (χ0n) is 14.2. The Hall–Kier alpha value is -2.33. The second kappa shape index (κ2) is 7.49. The Kier molecular flexibility index (Phi) is 5.62. The number of carbonyl (C=O) groups excluding carboxylic acids is 2. The molecular weight excluding hydrogens is 326 g/mol. The second-order valence-electron chi connectivity index (χ2n) is 5.86. The molecule has 0 fully saturated rings. The average Bonchev–Trinajstić information content (AvgIpc) is 2.51. The highest BCUT2D eigenvalue weighted by Gasteiger charge is 2.13. The summed E-state index contributed by atoms with van der Waals surface area (Å²) in [5.74, 6) is -0.957. The van der Waals surface area contributed by atoms with Crippen molar-refractivity contribution >= 4 is 29.2 Å². The zero-order chi connectivity index (χ0) is 17.9. The molecule has 0 radical (unpaired) electrons. The molecule has 0 unspecified atom stereocenters. The monoisotopic (exact) mass is 345 g/mol. The summed E-state index contributed by atoms with van der Waals surface area (Å²) in [6.45, 7) is 7.30. The van der Waals surface area contributed by atoms with Crippen LogP contribution in [0.1, 0.15) is 32.6 Å². The van der Waals surface area contributed by atoms with Crippen LogP contribution < -0.4 is 5.32 Å². The van der Waals surface area contributed by atoms with Crippen molar-refractivity contribution in [3.05, 3.63) is 63.2 Å². The molecule has 1 N–H and O–H groups in total. The van der Waals surface area contributed by atoms with Gasteiger partial charge in [-0.1, -0.05) is 23.7 Å². The highest BCUT2D eigenvalue weighted by molar-refractivity contribution is 6.34. The smallest absolute Gasteiger partial charge is 0.338 e. The van der Waals surface area contributed by atoms with Crippen molar-refractivity contribution in [1.82, 2.24) is 0 Å². The molecule has 5 heteroatoms. The first kappa shape index (κ1) is 18.0. The number of ether oxygens (including phenoxy) is 1. The van der Waals surface area contributed by atoms with Crippen molar-refractivity contribution < 1.29 is 14.3 Å². The summed E-state index contributed by atoms with van der Waals surface area (Å²) >= 11 is 6.15. The summed E-state index contributed by atoms with van der Waals surface area (Å²) in [6.07, 6.45) is 0. The van der Waals surface area contributed by atoms with Gasteiger partial charge in [-0.3, -0.25) is 4.79 Å². The van der Waals surface area contributed by atoms with Crippen LogP contribution in [0, 0.1) is 27.7 Å². The van der Waals surface area contributed by atoms with E-state index in [0.29, 0.717) is 16.3 Å². The van der Waals surface area contributed by atoms with Crippen molar-refractivity contribution in [2.24, 2.45) is 0 Å².